The maximum atomic E-state index is 12.1. The van der Waals surface area contributed by atoms with Crippen LogP contribution in [0.15, 0.2) is 30.3 Å². The molecule has 92 valence electrons. The van der Waals surface area contributed by atoms with Gasteiger partial charge in [0.1, 0.15) is 5.54 Å². The Morgan fingerprint density at radius 3 is 2.53 bits per heavy atom. The first kappa shape index (κ1) is 12.1. The number of carbonyl (C=O) groups excluding carboxylic acids is 1. The van der Waals surface area contributed by atoms with Crippen LogP contribution in [0.25, 0.3) is 0 Å². The molecule has 0 spiro atoms. The highest BCUT2D eigenvalue weighted by Gasteiger charge is 2.43. The third-order valence-electron chi connectivity index (χ3n) is 3.39. The van der Waals surface area contributed by atoms with E-state index in [4.69, 9.17) is 0 Å². The number of hydrogen-bond donors (Lipinski definition) is 2. The maximum absolute atomic E-state index is 12.1. The van der Waals surface area contributed by atoms with Crippen molar-refractivity contribution < 1.29 is 4.79 Å². The smallest absolute Gasteiger partial charge is 0.245 e. The van der Waals surface area contributed by atoms with Crippen molar-refractivity contribution >= 4 is 5.91 Å². The summed E-state index contributed by atoms with van der Waals surface area (Å²) in [5.74, 6) is 0.704. The molecular formula is C14H20N2O. The average Bonchev–Trinajstić information content (AvgIpc) is 2.70. The maximum Gasteiger partial charge on any atom is 0.245 e. The Morgan fingerprint density at radius 1 is 1.29 bits per heavy atom. The van der Waals surface area contributed by atoms with Crippen LogP contribution in [0.3, 0.4) is 0 Å². The zero-order valence-corrected chi connectivity index (χ0v) is 10.5. The van der Waals surface area contributed by atoms with Gasteiger partial charge >= 0.3 is 0 Å². The fourth-order valence-electron chi connectivity index (χ4n) is 2.31. The van der Waals surface area contributed by atoms with Crippen LogP contribution in [-0.2, 0) is 10.3 Å². The van der Waals surface area contributed by atoms with E-state index in [0.29, 0.717) is 12.6 Å². The van der Waals surface area contributed by atoms with Crippen molar-refractivity contribution in [2.24, 2.45) is 5.92 Å². The molecule has 1 unspecified atom stereocenters. The van der Waals surface area contributed by atoms with E-state index in [2.05, 4.69) is 24.5 Å². The Bertz CT molecular complexity index is 388. The topological polar surface area (TPSA) is 41.1 Å². The highest BCUT2D eigenvalue weighted by atomic mass is 16.2. The van der Waals surface area contributed by atoms with E-state index >= 15 is 0 Å². The quantitative estimate of drug-likeness (QED) is 0.833. The van der Waals surface area contributed by atoms with Crippen molar-refractivity contribution in [2.75, 3.05) is 6.67 Å². The molecule has 1 amide bonds. The Balaban J connectivity index is 2.28. The van der Waals surface area contributed by atoms with Crippen LogP contribution in [-0.4, -0.2) is 12.6 Å². The van der Waals surface area contributed by atoms with E-state index in [9.17, 15) is 4.79 Å². The SMILES string of the molecule is CC(C)CCC1(c2ccccc2)NCNC1=O. The molecule has 2 N–H and O–H groups in total. The van der Waals surface area contributed by atoms with Crippen molar-refractivity contribution in [3.05, 3.63) is 35.9 Å². The molecule has 17 heavy (non-hydrogen) atoms. The number of rotatable bonds is 4. The predicted octanol–water partition coefficient (Wildman–Crippen LogP) is 1.99. The van der Waals surface area contributed by atoms with Gasteiger partial charge in [0.15, 0.2) is 0 Å². The van der Waals surface area contributed by atoms with E-state index in [1.54, 1.807) is 0 Å². The molecule has 1 fully saturated rings. The zero-order chi connectivity index (χ0) is 12.3. The first-order valence-corrected chi connectivity index (χ1v) is 6.24. The van der Waals surface area contributed by atoms with Crippen LogP contribution in [0.5, 0.6) is 0 Å². The van der Waals surface area contributed by atoms with E-state index in [-0.39, 0.29) is 5.91 Å². The minimum Gasteiger partial charge on any atom is -0.342 e. The molecule has 0 aromatic heterocycles. The molecule has 0 saturated carbocycles. The highest BCUT2D eigenvalue weighted by molar-refractivity contribution is 5.89. The summed E-state index contributed by atoms with van der Waals surface area (Å²) in [5, 5.41) is 6.21. The van der Waals surface area contributed by atoms with Crippen LogP contribution in [0, 0.1) is 5.92 Å². The van der Waals surface area contributed by atoms with Crippen LogP contribution in [0.4, 0.5) is 0 Å². The van der Waals surface area contributed by atoms with Crippen molar-refractivity contribution in [1.29, 1.82) is 0 Å². The molecule has 1 heterocycles. The number of nitrogens with one attached hydrogen (secondary N) is 2. The highest BCUT2D eigenvalue weighted by Crippen LogP contribution is 2.30. The van der Waals surface area contributed by atoms with E-state index < -0.39 is 5.54 Å². The first-order valence-electron chi connectivity index (χ1n) is 6.24. The molecule has 1 saturated heterocycles. The summed E-state index contributed by atoms with van der Waals surface area (Å²) >= 11 is 0. The lowest BCUT2D eigenvalue weighted by molar-refractivity contribution is -0.124. The van der Waals surface area contributed by atoms with Gasteiger partial charge in [0.05, 0.1) is 6.67 Å². The number of hydrogen-bond acceptors (Lipinski definition) is 2. The van der Waals surface area contributed by atoms with Crippen LogP contribution in [0.1, 0.15) is 32.3 Å². The van der Waals surface area contributed by atoms with Gasteiger partial charge in [-0.2, -0.15) is 0 Å². The largest absolute Gasteiger partial charge is 0.342 e. The lowest BCUT2D eigenvalue weighted by Gasteiger charge is -2.27. The molecule has 0 bridgehead atoms. The van der Waals surface area contributed by atoms with Crippen molar-refractivity contribution in [3.8, 4) is 0 Å². The molecule has 1 aliphatic heterocycles. The summed E-state index contributed by atoms with van der Waals surface area (Å²) in [6, 6.07) is 10.0. The second-order valence-electron chi connectivity index (χ2n) is 5.06. The lowest BCUT2D eigenvalue weighted by Crippen LogP contribution is -2.43. The van der Waals surface area contributed by atoms with Gasteiger partial charge in [0, 0.05) is 0 Å². The number of amides is 1. The molecule has 0 radical (unpaired) electrons. The molecular weight excluding hydrogens is 212 g/mol. The predicted molar refractivity (Wildman–Crippen MR) is 68.3 cm³/mol. The molecule has 1 atom stereocenters. The van der Waals surface area contributed by atoms with Gasteiger partial charge in [-0.25, -0.2) is 0 Å². The zero-order valence-electron chi connectivity index (χ0n) is 10.5. The standard InChI is InChI=1S/C14H20N2O/c1-11(2)8-9-14(13(17)15-10-16-14)12-6-4-3-5-7-12/h3-7,11,16H,8-10H2,1-2H3,(H,15,17). The Morgan fingerprint density at radius 2 is 2.00 bits per heavy atom. The fraction of sp³-hybridized carbons (Fsp3) is 0.500. The van der Waals surface area contributed by atoms with Crippen LogP contribution in [0.2, 0.25) is 0 Å². The van der Waals surface area contributed by atoms with Crippen molar-refractivity contribution in [2.45, 2.75) is 32.2 Å². The summed E-state index contributed by atoms with van der Waals surface area (Å²) < 4.78 is 0. The van der Waals surface area contributed by atoms with Gasteiger partial charge in [-0.3, -0.25) is 10.1 Å². The first-order chi connectivity index (χ1) is 8.15. The van der Waals surface area contributed by atoms with Crippen molar-refractivity contribution in [3.63, 3.8) is 0 Å². The summed E-state index contributed by atoms with van der Waals surface area (Å²) in [4.78, 5) is 12.1. The van der Waals surface area contributed by atoms with Crippen LogP contribution < -0.4 is 10.6 Å². The second-order valence-corrected chi connectivity index (χ2v) is 5.06. The Kier molecular flexibility index (Phi) is 3.48. The molecule has 1 aromatic carbocycles. The molecule has 1 aliphatic rings. The third kappa shape index (κ3) is 2.34. The molecule has 3 heteroatoms. The Hall–Kier alpha value is -1.35. The van der Waals surface area contributed by atoms with Gasteiger partial charge in [-0.05, 0) is 24.3 Å². The minimum atomic E-state index is -0.522. The van der Waals surface area contributed by atoms with Crippen LogP contribution >= 0.6 is 0 Å². The van der Waals surface area contributed by atoms with Gasteiger partial charge < -0.3 is 5.32 Å². The Labute approximate surface area is 103 Å². The molecule has 0 aliphatic carbocycles. The summed E-state index contributed by atoms with van der Waals surface area (Å²) in [6.45, 7) is 4.93. The molecule has 3 nitrogen and oxygen atoms in total. The van der Waals surface area contributed by atoms with Gasteiger partial charge in [-0.15, -0.1) is 0 Å². The molecule has 1 aromatic rings. The lowest BCUT2D eigenvalue weighted by atomic mass is 9.83. The van der Waals surface area contributed by atoms with Gasteiger partial charge in [0.25, 0.3) is 0 Å². The van der Waals surface area contributed by atoms with E-state index in [1.165, 1.54) is 0 Å². The number of carbonyl (C=O) groups is 1. The second kappa shape index (κ2) is 4.88. The summed E-state index contributed by atoms with van der Waals surface area (Å²) in [5.41, 5.74) is 0.543. The monoisotopic (exact) mass is 232 g/mol. The summed E-state index contributed by atoms with van der Waals surface area (Å²) in [6.07, 6.45) is 1.88. The van der Waals surface area contributed by atoms with Gasteiger partial charge in [-0.1, -0.05) is 44.2 Å². The number of benzene rings is 1. The van der Waals surface area contributed by atoms with E-state index in [0.717, 1.165) is 18.4 Å². The third-order valence-corrected chi connectivity index (χ3v) is 3.39. The van der Waals surface area contributed by atoms with E-state index in [1.807, 2.05) is 30.3 Å². The average molecular weight is 232 g/mol. The molecule has 2 rings (SSSR count). The minimum absolute atomic E-state index is 0.101. The van der Waals surface area contributed by atoms with Gasteiger partial charge in [0.2, 0.25) is 5.91 Å². The summed E-state index contributed by atoms with van der Waals surface area (Å²) in [7, 11) is 0. The normalized spacial score (nSPS) is 24.1. The fourth-order valence-corrected chi connectivity index (χ4v) is 2.31. The van der Waals surface area contributed by atoms with Crippen molar-refractivity contribution in [1.82, 2.24) is 10.6 Å².